The third kappa shape index (κ3) is 4.31. The molecule has 0 aromatic heterocycles. The van der Waals surface area contributed by atoms with E-state index in [4.69, 9.17) is 0 Å². The maximum Gasteiger partial charge on any atom is 0.167 e. The number of hydrogen-bond acceptors (Lipinski definition) is 1. The van der Waals surface area contributed by atoms with Gasteiger partial charge in [0.15, 0.2) is 5.78 Å². The smallest absolute Gasteiger partial charge is 0.167 e. The Morgan fingerprint density at radius 1 is 1.05 bits per heavy atom. The molecule has 0 spiro atoms. The van der Waals surface area contributed by atoms with Crippen LogP contribution in [-0.2, 0) is 12.8 Å². The number of halogens is 1. The van der Waals surface area contributed by atoms with Crippen LogP contribution in [0.25, 0.3) is 0 Å². The molecule has 0 bridgehead atoms. The van der Waals surface area contributed by atoms with Crippen molar-refractivity contribution in [3.8, 4) is 0 Å². The summed E-state index contributed by atoms with van der Waals surface area (Å²) in [5, 5.41) is 0. The molecule has 0 atom stereocenters. The maximum atomic E-state index is 12.2. The van der Waals surface area contributed by atoms with Crippen molar-refractivity contribution in [3.05, 3.63) is 69.7 Å². The largest absolute Gasteiger partial charge is 0.294 e. The fourth-order valence-electron chi connectivity index (χ4n) is 2.23. The lowest BCUT2D eigenvalue weighted by molar-refractivity contribution is 0.0993. The molecule has 2 aromatic rings. The number of ketones is 1. The summed E-state index contributed by atoms with van der Waals surface area (Å²) in [5.41, 5.74) is 3.12. The van der Waals surface area contributed by atoms with E-state index in [1.165, 1.54) is 5.56 Å². The minimum atomic E-state index is 0.166. The molecule has 0 unspecified atom stereocenters. The molecule has 104 valence electrons. The van der Waals surface area contributed by atoms with Gasteiger partial charge in [0.2, 0.25) is 0 Å². The fraction of sp³-hybridized carbons (Fsp3) is 0.278. The van der Waals surface area contributed by atoms with E-state index in [0.717, 1.165) is 22.0 Å². The van der Waals surface area contributed by atoms with Gasteiger partial charge in [0.05, 0.1) is 0 Å². The van der Waals surface area contributed by atoms with Gasteiger partial charge in [0, 0.05) is 16.5 Å². The van der Waals surface area contributed by atoms with Crippen LogP contribution in [0.1, 0.15) is 35.3 Å². The monoisotopic (exact) mass is 330 g/mol. The van der Waals surface area contributed by atoms with Crippen LogP contribution in [0.15, 0.2) is 53.0 Å². The third-order valence-corrected chi connectivity index (χ3v) is 3.67. The molecule has 0 aliphatic carbocycles. The minimum absolute atomic E-state index is 0.166. The highest BCUT2D eigenvalue weighted by Gasteiger charge is 2.07. The van der Waals surface area contributed by atoms with Crippen molar-refractivity contribution in [3.63, 3.8) is 0 Å². The first kappa shape index (κ1) is 15.0. The Kier molecular flexibility index (Phi) is 5.13. The summed E-state index contributed by atoms with van der Waals surface area (Å²) in [6.45, 7) is 4.40. The Morgan fingerprint density at radius 2 is 1.75 bits per heavy atom. The van der Waals surface area contributed by atoms with E-state index < -0.39 is 0 Å². The average Bonchev–Trinajstić information content (AvgIpc) is 2.38. The molecule has 0 radical (unpaired) electrons. The first-order valence-corrected chi connectivity index (χ1v) is 7.70. The fourth-order valence-corrected chi connectivity index (χ4v) is 2.68. The van der Waals surface area contributed by atoms with Crippen LogP contribution < -0.4 is 0 Å². The molecule has 2 heteroatoms. The first-order valence-electron chi connectivity index (χ1n) is 6.91. The maximum absolute atomic E-state index is 12.2. The molecule has 0 N–H and O–H groups in total. The summed E-state index contributed by atoms with van der Waals surface area (Å²) in [7, 11) is 0. The Hall–Kier alpha value is -1.41. The Morgan fingerprint density at radius 3 is 2.35 bits per heavy atom. The third-order valence-electron chi connectivity index (χ3n) is 3.17. The van der Waals surface area contributed by atoms with Crippen molar-refractivity contribution < 1.29 is 4.79 Å². The number of hydrogen-bond donors (Lipinski definition) is 0. The van der Waals surface area contributed by atoms with Crippen molar-refractivity contribution in [1.82, 2.24) is 0 Å². The van der Waals surface area contributed by atoms with Crippen LogP contribution in [-0.4, -0.2) is 5.78 Å². The summed E-state index contributed by atoms with van der Waals surface area (Å²) in [5.74, 6) is 0.803. The van der Waals surface area contributed by atoms with E-state index in [0.29, 0.717) is 12.3 Å². The van der Waals surface area contributed by atoms with Crippen molar-refractivity contribution in [2.24, 2.45) is 5.92 Å². The minimum Gasteiger partial charge on any atom is -0.294 e. The second-order valence-corrected chi connectivity index (χ2v) is 6.44. The van der Waals surface area contributed by atoms with Crippen molar-refractivity contribution in [2.75, 3.05) is 0 Å². The summed E-state index contributed by atoms with van der Waals surface area (Å²) in [4.78, 5) is 12.2. The van der Waals surface area contributed by atoms with Gasteiger partial charge in [-0.05, 0) is 35.6 Å². The lowest BCUT2D eigenvalue weighted by Gasteiger charge is -2.06. The van der Waals surface area contributed by atoms with Gasteiger partial charge in [0.1, 0.15) is 0 Å². The van der Waals surface area contributed by atoms with E-state index >= 15 is 0 Å². The van der Waals surface area contributed by atoms with Crippen LogP contribution >= 0.6 is 15.9 Å². The number of carbonyl (C=O) groups excluding carboxylic acids is 1. The highest BCUT2D eigenvalue weighted by atomic mass is 79.9. The van der Waals surface area contributed by atoms with Gasteiger partial charge < -0.3 is 0 Å². The van der Waals surface area contributed by atoms with Crippen LogP contribution in [0.2, 0.25) is 0 Å². The lowest BCUT2D eigenvalue weighted by Crippen LogP contribution is -2.04. The molecule has 20 heavy (non-hydrogen) atoms. The van der Waals surface area contributed by atoms with Crippen LogP contribution in [0.3, 0.4) is 0 Å². The van der Waals surface area contributed by atoms with Gasteiger partial charge in [-0.15, -0.1) is 0 Å². The molecular formula is C18H19BrO. The normalized spacial score (nSPS) is 10.8. The number of carbonyl (C=O) groups is 1. The Bertz CT molecular complexity index is 585. The van der Waals surface area contributed by atoms with Gasteiger partial charge >= 0.3 is 0 Å². The van der Waals surface area contributed by atoms with Crippen molar-refractivity contribution in [1.29, 1.82) is 0 Å². The van der Waals surface area contributed by atoms with Crippen LogP contribution in [0.4, 0.5) is 0 Å². The van der Waals surface area contributed by atoms with Crippen LogP contribution in [0.5, 0.6) is 0 Å². The van der Waals surface area contributed by atoms with E-state index in [1.54, 1.807) is 0 Å². The molecule has 2 aromatic carbocycles. The number of Topliss-reactive ketones (excluding diaryl/α,β-unsaturated/α-hetero) is 1. The van der Waals surface area contributed by atoms with Crippen molar-refractivity contribution >= 4 is 21.7 Å². The topological polar surface area (TPSA) is 17.1 Å². The summed E-state index contributed by atoms with van der Waals surface area (Å²) < 4.78 is 1.01. The van der Waals surface area contributed by atoms with E-state index in [9.17, 15) is 4.79 Å². The molecule has 0 amide bonds. The molecular weight excluding hydrogens is 312 g/mol. The highest BCUT2D eigenvalue weighted by Crippen LogP contribution is 2.15. The molecule has 0 saturated carbocycles. The highest BCUT2D eigenvalue weighted by molar-refractivity contribution is 9.10. The zero-order chi connectivity index (χ0) is 14.5. The van der Waals surface area contributed by atoms with E-state index in [-0.39, 0.29) is 5.78 Å². The van der Waals surface area contributed by atoms with Gasteiger partial charge in [-0.1, -0.05) is 66.2 Å². The molecule has 0 heterocycles. The molecule has 0 fully saturated rings. The molecule has 2 rings (SSSR count). The summed E-state index contributed by atoms with van der Waals surface area (Å²) in [6, 6.07) is 15.9. The second kappa shape index (κ2) is 6.85. The quantitative estimate of drug-likeness (QED) is 0.699. The Balaban J connectivity index is 2.06. The number of benzene rings is 2. The summed E-state index contributed by atoms with van der Waals surface area (Å²) >= 11 is 3.43. The van der Waals surface area contributed by atoms with Crippen LogP contribution in [0, 0.1) is 5.92 Å². The first-order chi connectivity index (χ1) is 9.54. The second-order valence-electron chi connectivity index (χ2n) is 5.52. The molecule has 0 aliphatic heterocycles. The zero-order valence-corrected chi connectivity index (χ0v) is 13.5. The Labute approximate surface area is 129 Å². The molecule has 0 saturated heterocycles. The van der Waals surface area contributed by atoms with Gasteiger partial charge in [0.25, 0.3) is 0 Å². The predicted molar refractivity (Wildman–Crippen MR) is 87.2 cm³/mol. The van der Waals surface area contributed by atoms with Gasteiger partial charge in [-0.2, -0.15) is 0 Å². The average molecular weight is 331 g/mol. The lowest BCUT2D eigenvalue weighted by atomic mass is 9.98. The molecule has 1 nitrogen and oxygen atoms in total. The SMILES string of the molecule is CC(C)Cc1ccc(C(=O)Cc2cccc(Br)c2)cc1. The number of rotatable bonds is 5. The van der Waals surface area contributed by atoms with Gasteiger partial charge in [-0.25, -0.2) is 0 Å². The van der Waals surface area contributed by atoms with E-state index in [2.05, 4.69) is 41.9 Å². The van der Waals surface area contributed by atoms with E-state index in [1.807, 2.05) is 36.4 Å². The molecule has 0 aliphatic rings. The predicted octanol–water partition coefficient (Wildman–Crippen LogP) is 5.07. The zero-order valence-electron chi connectivity index (χ0n) is 11.9. The summed E-state index contributed by atoms with van der Waals surface area (Å²) in [6.07, 6.45) is 1.50. The standard InChI is InChI=1S/C18H19BrO/c1-13(2)10-14-6-8-16(9-7-14)18(20)12-15-4-3-5-17(19)11-15/h3-9,11,13H,10,12H2,1-2H3. The van der Waals surface area contributed by atoms with Gasteiger partial charge in [-0.3, -0.25) is 4.79 Å². The van der Waals surface area contributed by atoms with Crippen molar-refractivity contribution in [2.45, 2.75) is 26.7 Å².